The highest BCUT2D eigenvalue weighted by atomic mass is 16.6. The van der Waals surface area contributed by atoms with Gasteiger partial charge in [0.15, 0.2) is 0 Å². The summed E-state index contributed by atoms with van der Waals surface area (Å²) in [6, 6.07) is 6.95. The van der Waals surface area contributed by atoms with Crippen molar-refractivity contribution in [3.05, 3.63) is 29.8 Å². The number of hydrogen-bond donors (Lipinski definition) is 0. The quantitative estimate of drug-likeness (QED) is 0.788. The number of rotatable bonds is 4. The summed E-state index contributed by atoms with van der Waals surface area (Å²) >= 11 is 0. The molecule has 0 aliphatic carbocycles. The molecule has 1 atom stereocenters. The molecule has 110 valence electrons. The maximum absolute atomic E-state index is 12.4. The van der Waals surface area contributed by atoms with Crippen LogP contribution in [0.3, 0.4) is 0 Å². The first-order chi connectivity index (χ1) is 9.30. The van der Waals surface area contributed by atoms with Crippen molar-refractivity contribution in [1.29, 1.82) is 0 Å². The molecule has 0 aliphatic rings. The number of anilines is 1. The third-order valence-corrected chi connectivity index (χ3v) is 2.87. The van der Waals surface area contributed by atoms with Crippen LogP contribution in [0.25, 0.3) is 0 Å². The number of benzene rings is 1. The van der Waals surface area contributed by atoms with Crippen molar-refractivity contribution < 1.29 is 14.3 Å². The second-order valence-electron chi connectivity index (χ2n) is 5.75. The Hall–Kier alpha value is -1.84. The van der Waals surface area contributed by atoms with Gasteiger partial charge in [-0.3, -0.25) is 4.90 Å². The molecule has 0 saturated carbocycles. The van der Waals surface area contributed by atoms with Crippen LogP contribution in [0.1, 0.15) is 39.7 Å². The fourth-order valence-electron chi connectivity index (χ4n) is 1.90. The Kier molecular flexibility index (Phi) is 5.31. The number of aldehydes is 1. The van der Waals surface area contributed by atoms with Crippen LogP contribution in [0.2, 0.25) is 0 Å². The zero-order valence-electron chi connectivity index (χ0n) is 12.8. The number of para-hydroxylation sites is 1. The summed E-state index contributed by atoms with van der Waals surface area (Å²) in [5.74, 6) is 0. The highest BCUT2D eigenvalue weighted by molar-refractivity contribution is 5.93. The molecule has 1 rings (SSSR count). The van der Waals surface area contributed by atoms with E-state index in [0.717, 1.165) is 11.8 Å². The molecule has 1 amide bonds. The predicted molar refractivity (Wildman–Crippen MR) is 80.0 cm³/mol. The van der Waals surface area contributed by atoms with Crippen LogP contribution in [0, 0.1) is 6.92 Å². The Morgan fingerprint density at radius 3 is 2.40 bits per heavy atom. The summed E-state index contributed by atoms with van der Waals surface area (Å²) in [7, 11) is 0. The fourth-order valence-corrected chi connectivity index (χ4v) is 1.90. The molecule has 0 aliphatic heterocycles. The van der Waals surface area contributed by atoms with Crippen molar-refractivity contribution in [3.8, 4) is 0 Å². The number of amides is 1. The molecular weight excluding hydrogens is 254 g/mol. The molecule has 0 N–H and O–H groups in total. The number of nitrogens with zero attached hydrogens (tertiary/aromatic N) is 1. The fraction of sp³-hybridized carbons (Fsp3) is 0.500. The van der Waals surface area contributed by atoms with Crippen LogP contribution in [0.5, 0.6) is 0 Å². The first-order valence-electron chi connectivity index (χ1n) is 6.83. The molecular formula is C16H23NO3. The maximum Gasteiger partial charge on any atom is 0.415 e. The molecule has 0 fully saturated rings. The van der Waals surface area contributed by atoms with Crippen molar-refractivity contribution in [2.24, 2.45) is 0 Å². The lowest BCUT2D eigenvalue weighted by molar-refractivity contribution is -0.109. The van der Waals surface area contributed by atoms with Crippen molar-refractivity contribution in [2.75, 3.05) is 4.90 Å². The zero-order chi connectivity index (χ0) is 15.3. The van der Waals surface area contributed by atoms with Gasteiger partial charge in [0.05, 0.1) is 11.7 Å². The van der Waals surface area contributed by atoms with Gasteiger partial charge in [-0.1, -0.05) is 25.1 Å². The van der Waals surface area contributed by atoms with Crippen LogP contribution in [-0.4, -0.2) is 24.0 Å². The minimum Gasteiger partial charge on any atom is -0.443 e. The van der Waals surface area contributed by atoms with E-state index >= 15 is 0 Å². The zero-order valence-corrected chi connectivity index (χ0v) is 12.8. The Morgan fingerprint density at radius 2 is 1.95 bits per heavy atom. The lowest BCUT2D eigenvalue weighted by atomic mass is 10.1. The summed E-state index contributed by atoms with van der Waals surface area (Å²) in [6.45, 7) is 9.20. The Balaban J connectivity index is 3.19. The smallest absolute Gasteiger partial charge is 0.415 e. The molecule has 20 heavy (non-hydrogen) atoms. The van der Waals surface area contributed by atoms with Crippen molar-refractivity contribution in [3.63, 3.8) is 0 Å². The molecule has 1 unspecified atom stereocenters. The number of aryl methyl sites for hydroxylation is 1. The van der Waals surface area contributed by atoms with Crippen LogP contribution < -0.4 is 4.90 Å². The lowest BCUT2D eigenvalue weighted by Gasteiger charge is -2.31. The SMILES string of the molecule is CCC(C=O)N(C(=O)OC(C)(C)C)c1ccccc1C. The van der Waals surface area contributed by atoms with E-state index < -0.39 is 17.7 Å². The highest BCUT2D eigenvalue weighted by Crippen LogP contribution is 2.24. The van der Waals surface area contributed by atoms with Gasteiger partial charge in [-0.25, -0.2) is 4.79 Å². The van der Waals surface area contributed by atoms with Crippen LogP contribution in [0.15, 0.2) is 24.3 Å². The van der Waals surface area contributed by atoms with Crippen molar-refractivity contribution >= 4 is 18.1 Å². The standard InChI is InChI=1S/C16H23NO3/c1-6-13(11-18)17(15(19)20-16(3,4)5)14-10-8-7-9-12(14)2/h7-11,13H,6H2,1-5H3. The first-order valence-corrected chi connectivity index (χ1v) is 6.83. The molecule has 0 heterocycles. The average Bonchev–Trinajstić information content (AvgIpc) is 2.35. The summed E-state index contributed by atoms with van der Waals surface area (Å²) in [4.78, 5) is 25.1. The highest BCUT2D eigenvalue weighted by Gasteiger charge is 2.29. The van der Waals surface area contributed by atoms with Gasteiger partial charge in [0.2, 0.25) is 0 Å². The molecule has 0 spiro atoms. The van der Waals surface area contributed by atoms with E-state index in [0.29, 0.717) is 12.1 Å². The summed E-state index contributed by atoms with van der Waals surface area (Å²) in [5, 5.41) is 0. The molecule has 1 aromatic rings. The third-order valence-electron chi connectivity index (χ3n) is 2.87. The topological polar surface area (TPSA) is 46.6 Å². The van der Waals surface area contributed by atoms with E-state index in [-0.39, 0.29) is 0 Å². The van der Waals surface area contributed by atoms with Gasteiger partial charge in [-0.15, -0.1) is 0 Å². The Bertz CT molecular complexity index is 477. The molecule has 0 bridgehead atoms. The maximum atomic E-state index is 12.4. The van der Waals surface area contributed by atoms with Gasteiger partial charge < -0.3 is 9.53 Å². The van der Waals surface area contributed by atoms with Crippen molar-refractivity contribution in [2.45, 2.75) is 52.7 Å². The average molecular weight is 277 g/mol. The molecule has 0 saturated heterocycles. The van der Waals surface area contributed by atoms with E-state index in [9.17, 15) is 9.59 Å². The Morgan fingerprint density at radius 1 is 1.35 bits per heavy atom. The lowest BCUT2D eigenvalue weighted by Crippen LogP contribution is -2.44. The first kappa shape index (κ1) is 16.2. The van der Waals surface area contributed by atoms with Gasteiger partial charge in [-0.05, 0) is 45.7 Å². The summed E-state index contributed by atoms with van der Waals surface area (Å²) < 4.78 is 5.42. The van der Waals surface area contributed by atoms with E-state index in [1.165, 1.54) is 4.90 Å². The predicted octanol–water partition coefficient (Wildman–Crippen LogP) is 3.71. The number of hydrogen-bond acceptors (Lipinski definition) is 3. The van der Waals surface area contributed by atoms with Crippen LogP contribution >= 0.6 is 0 Å². The number of ether oxygens (including phenoxy) is 1. The van der Waals surface area contributed by atoms with Crippen molar-refractivity contribution in [1.82, 2.24) is 0 Å². The summed E-state index contributed by atoms with van der Waals surface area (Å²) in [5.41, 5.74) is 1.04. The summed E-state index contributed by atoms with van der Waals surface area (Å²) in [6.07, 6.45) is 0.832. The second kappa shape index (κ2) is 6.55. The molecule has 4 nitrogen and oxygen atoms in total. The minimum absolute atomic E-state index is 0.495. The van der Waals surface area contributed by atoms with Gasteiger partial charge in [0.1, 0.15) is 11.9 Å². The number of carbonyl (C=O) groups is 2. The molecule has 4 heteroatoms. The van der Waals surface area contributed by atoms with E-state index in [4.69, 9.17) is 4.74 Å². The van der Waals surface area contributed by atoms with Crippen LogP contribution in [0.4, 0.5) is 10.5 Å². The van der Waals surface area contributed by atoms with Gasteiger partial charge >= 0.3 is 6.09 Å². The molecule has 0 radical (unpaired) electrons. The minimum atomic E-state index is -0.598. The monoisotopic (exact) mass is 277 g/mol. The second-order valence-corrected chi connectivity index (χ2v) is 5.75. The Labute approximate surface area is 120 Å². The normalized spacial score (nSPS) is 12.7. The largest absolute Gasteiger partial charge is 0.443 e. The van der Waals surface area contributed by atoms with E-state index in [1.54, 1.807) is 0 Å². The molecule has 0 aromatic heterocycles. The van der Waals surface area contributed by atoms with E-state index in [1.807, 2.05) is 58.9 Å². The van der Waals surface area contributed by atoms with E-state index in [2.05, 4.69) is 0 Å². The van der Waals surface area contributed by atoms with Gasteiger partial charge in [-0.2, -0.15) is 0 Å². The van der Waals surface area contributed by atoms with Crippen LogP contribution in [-0.2, 0) is 9.53 Å². The third kappa shape index (κ3) is 4.08. The van der Waals surface area contributed by atoms with Gasteiger partial charge in [0, 0.05) is 0 Å². The van der Waals surface area contributed by atoms with Gasteiger partial charge in [0.25, 0.3) is 0 Å². The molecule has 1 aromatic carbocycles. The number of carbonyl (C=O) groups excluding carboxylic acids is 2.